The van der Waals surface area contributed by atoms with Crippen LogP contribution in [0.3, 0.4) is 0 Å². The van der Waals surface area contributed by atoms with Crippen molar-refractivity contribution >= 4 is 17.4 Å². The van der Waals surface area contributed by atoms with Crippen molar-refractivity contribution in [1.29, 1.82) is 0 Å². The second kappa shape index (κ2) is 4.53. The Balaban J connectivity index is 3.00. The SMILES string of the molecule is C=CCNc1cc(C(F)(F)F)cc(Cl)n1. The minimum Gasteiger partial charge on any atom is -0.367 e. The first-order chi connectivity index (χ1) is 6.93. The molecule has 0 fully saturated rings. The fourth-order valence-electron chi connectivity index (χ4n) is 0.928. The molecule has 1 heterocycles. The predicted octanol–water partition coefficient (Wildman–Crippen LogP) is 3.35. The van der Waals surface area contributed by atoms with E-state index in [-0.39, 0.29) is 11.0 Å². The van der Waals surface area contributed by atoms with Gasteiger partial charge in [0.25, 0.3) is 0 Å². The molecule has 0 aliphatic heterocycles. The Bertz CT molecular complexity index is 363. The summed E-state index contributed by atoms with van der Waals surface area (Å²) in [6.07, 6.45) is -2.91. The van der Waals surface area contributed by atoms with Crippen LogP contribution in [-0.2, 0) is 6.18 Å². The molecule has 6 heteroatoms. The molecular formula is C9H8ClF3N2. The van der Waals surface area contributed by atoms with E-state index < -0.39 is 11.7 Å². The highest BCUT2D eigenvalue weighted by Gasteiger charge is 2.31. The van der Waals surface area contributed by atoms with E-state index in [9.17, 15) is 13.2 Å². The third-order valence-corrected chi connectivity index (χ3v) is 1.74. The molecule has 1 aromatic rings. The first-order valence-electron chi connectivity index (χ1n) is 4.03. The summed E-state index contributed by atoms with van der Waals surface area (Å²) < 4.78 is 37.0. The molecule has 82 valence electrons. The molecule has 0 radical (unpaired) electrons. The van der Waals surface area contributed by atoms with Gasteiger partial charge >= 0.3 is 6.18 Å². The fourth-order valence-corrected chi connectivity index (χ4v) is 1.14. The molecule has 2 nitrogen and oxygen atoms in total. The van der Waals surface area contributed by atoms with E-state index >= 15 is 0 Å². The number of halogens is 4. The number of hydrogen-bond donors (Lipinski definition) is 1. The average Bonchev–Trinajstić information content (AvgIpc) is 2.12. The minimum atomic E-state index is -4.42. The number of rotatable bonds is 3. The summed E-state index contributed by atoms with van der Waals surface area (Å²) >= 11 is 5.46. The quantitative estimate of drug-likeness (QED) is 0.643. The normalized spacial score (nSPS) is 11.2. The molecule has 1 rings (SSSR count). The van der Waals surface area contributed by atoms with Crippen LogP contribution >= 0.6 is 11.6 Å². The maximum atomic E-state index is 12.3. The van der Waals surface area contributed by atoms with Crippen LogP contribution < -0.4 is 5.32 Å². The first-order valence-corrected chi connectivity index (χ1v) is 4.41. The molecule has 0 saturated heterocycles. The van der Waals surface area contributed by atoms with E-state index in [0.29, 0.717) is 6.54 Å². The molecule has 0 unspecified atom stereocenters. The predicted molar refractivity (Wildman–Crippen MR) is 52.9 cm³/mol. The Labute approximate surface area is 89.8 Å². The first kappa shape index (κ1) is 11.8. The number of hydrogen-bond acceptors (Lipinski definition) is 2. The van der Waals surface area contributed by atoms with Crippen molar-refractivity contribution in [3.63, 3.8) is 0 Å². The van der Waals surface area contributed by atoms with Crippen LogP contribution in [0.2, 0.25) is 5.15 Å². The molecular weight excluding hydrogens is 229 g/mol. The largest absolute Gasteiger partial charge is 0.416 e. The van der Waals surface area contributed by atoms with Gasteiger partial charge in [-0.2, -0.15) is 13.2 Å². The Kier molecular flexibility index (Phi) is 3.57. The molecule has 0 aliphatic carbocycles. The van der Waals surface area contributed by atoms with Crippen LogP contribution in [0.25, 0.3) is 0 Å². The van der Waals surface area contributed by atoms with Gasteiger partial charge < -0.3 is 5.32 Å². The van der Waals surface area contributed by atoms with E-state index in [4.69, 9.17) is 11.6 Å². The summed E-state index contributed by atoms with van der Waals surface area (Å²) in [6, 6.07) is 1.68. The molecule has 0 aliphatic rings. The zero-order valence-electron chi connectivity index (χ0n) is 7.61. The van der Waals surface area contributed by atoms with E-state index in [1.54, 1.807) is 0 Å². The van der Waals surface area contributed by atoms with Crippen molar-refractivity contribution in [2.45, 2.75) is 6.18 Å². The monoisotopic (exact) mass is 236 g/mol. The number of nitrogens with one attached hydrogen (secondary N) is 1. The summed E-state index contributed by atoms with van der Waals surface area (Å²) in [6.45, 7) is 3.75. The van der Waals surface area contributed by atoms with Gasteiger partial charge in [-0.3, -0.25) is 0 Å². The van der Waals surface area contributed by atoms with E-state index in [1.807, 2.05) is 0 Å². The average molecular weight is 237 g/mol. The number of aromatic nitrogens is 1. The Morgan fingerprint density at radius 2 is 2.13 bits per heavy atom. The number of pyridine rings is 1. The van der Waals surface area contributed by atoms with Crippen LogP contribution in [0.15, 0.2) is 24.8 Å². The van der Waals surface area contributed by atoms with Crippen molar-refractivity contribution in [2.75, 3.05) is 11.9 Å². The van der Waals surface area contributed by atoms with Gasteiger partial charge in [0.15, 0.2) is 0 Å². The topological polar surface area (TPSA) is 24.9 Å². The molecule has 0 bridgehead atoms. The highest BCUT2D eigenvalue weighted by Crippen LogP contribution is 2.31. The molecule has 1 N–H and O–H groups in total. The third kappa shape index (κ3) is 3.43. The molecule has 15 heavy (non-hydrogen) atoms. The van der Waals surface area contributed by atoms with Gasteiger partial charge in [-0.05, 0) is 12.1 Å². The highest BCUT2D eigenvalue weighted by atomic mass is 35.5. The van der Waals surface area contributed by atoms with Crippen molar-refractivity contribution in [2.24, 2.45) is 0 Å². The second-order valence-corrected chi connectivity index (χ2v) is 3.12. The van der Waals surface area contributed by atoms with Gasteiger partial charge in [0.1, 0.15) is 11.0 Å². The maximum absolute atomic E-state index is 12.3. The van der Waals surface area contributed by atoms with E-state index in [0.717, 1.165) is 12.1 Å². The molecule has 0 atom stereocenters. The van der Waals surface area contributed by atoms with Crippen molar-refractivity contribution < 1.29 is 13.2 Å². The lowest BCUT2D eigenvalue weighted by atomic mass is 10.2. The van der Waals surface area contributed by atoms with Crippen LogP contribution in [0, 0.1) is 0 Å². The summed E-state index contributed by atoms with van der Waals surface area (Å²) in [5, 5.41) is 2.44. The number of anilines is 1. The molecule has 0 spiro atoms. The molecule has 1 aromatic heterocycles. The smallest absolute Gasteiger partial charge is 0.367 e. The fraction of sp³-hybridized carbons (Fsp3) is 0.222. The Morgan fingerprint density at radius 1 is 1.47 bits per heavy atom. The zero-order chi connectivity index (χ0) is 11.5. The third-order valence-electron chi connectivity index (χ3n) is 1.55. The number of alkyl halides is 3. The van der Waals surface area contributed by atoms with Gasteiger partial charge in [0, 0.05) is 6.54 Å². The lowest BCUT2D eigenvalue weighted by Crippen LogP contribution is -2.08. The summed E-state index contributed by atoms with van der Waals surface area (Å²) in [5.74, 6) is 0.0784. The molecule has 0 amide bonds. The van der Waals surface area contributed by atoms with Crippen LogP contribution in [0.4, 0.5) is 19.0 Å². The summed E-state index contributed by atoms with van der Waals surface area (Å²) in [7, 11) is 0. The van der Waals surface area contributed by atoms with E-state index in [1.165, 1.54) is 6.08 Å². The Hall–Kier alpha value is -1.23. The summed E-state index contributed by atoms with van der Waals surface area (Å²) in [4.78, 5) is 3.69. The van der Waals surface area contributed by atoms with Gasteiger partial charge in [-0.1, -0.05) is 17.7 Å². The van der Waals surface area contributed by atoms with Gasteiger partial charge in [-0.15, -0.1) is 6.58 Å². The van der Waals surface area contributed by atoms with Crippen molar-refractivity contribution in [3.8, 4) is 0 Å². The van der Waals surface area contributed by atoms with Crippen molar-refractivity contribution in [1.82, 2.24) is 4.98 Å². The van der Waals surface area contributed by atoms with Gasteiger partial charge in [0.2, 0.25) is 0 Å². The summed E-state index contributed by atoms with van der Waals surface area (Å²) in [5.41, 5.74) is -0.825. The van der Waals surface area contributed by atoms with Crippen LogP contribution in [0.5, 0.6) is 0 Å². The van der Waals surface area contributed by atoms with Crippen molar-refractivity contribution in [3.05, 3.63) is 35.5 Å². The second-order valence-electron chi connectivity index (χ2n) is 2.73. The standard InChI is InChI=1S/C9H8ClF3N2/c1-2-3-14-8-5-6(9(11,12)13)4-7(10)15-8/h2,4-5H,1,3H2,(H,14,15). The molecule has 0 aromatic carbocycles. The highest BCUT2D eigenvalue weighted by molar-refractivity contribution is 6.29. The zero-order valence-corrected chi connectivity index (χ0v) is 8.36. The number of nitrogens with zero attached hydrogens (tertiary/aromatic N) is 1. The van der Waals surface area contributed by atoms with Gasteiger partial charge in [0.05, 0.1) is 5.56 Å². The lowest BCUT2D eigenvalue weighted by molar-refractivity contribution is -0.137. The molecule has 0 saturated carbocycles. The van der Waals surface area contributed by atoms with E-state index in [2.05, 4.69) is 16.9 Å². The van der Waals surface area contributed by atoms with Crippen LogP contribution in [0.1, 0.15) is 5.56 Å². The Morgan fingerprint density at radius 3 is 2.67 bits per heavy atom. The minimum absolute atomic E-state index is 0.0784. The van der Waals surface area contributed by atoms with Gasteiger partial charge in [-0.25, -0.2) is 4.98 Å². The van der Waals surface area contributed by atoms with Crippen LogP contribution in [-0.4, -0.2) is 11.5 Å². The maximum Gasteiger partial charge on any atom is 0.416 e. The lowest BCUT2D eigenvalue weighted by Gasteiger charge is -2.09.